The molecule has 0 aliphatic heterocycles. The van der Waals surface area contributed by atoms with Crippen LogP contribution in [0.15, 0.2) is 12.1 Å². The van der Waals surface area contributed by atoms with Crippen molar-refractivity contribution in [2.45, 2.75) is 6.54 Å². The normalized spacial score (nSPS) is 10.1. The molecule has 6 heteroatoms. The van der Waals surface area contributed by atoms with Crippen molar-refractivity contribution in [3.05, 3.63) is 37.2 Å². The molecule has 4 nitrogen and oxygen atoms in total. The smallest absolute Gasteiger partial charge is 0.306 e. The summed E-state index contributed by atoms with van der Waals surface area (Å²) in [5, 5.41) is 10.4. The summed E-state index contributed by atoms with van der Waals surface area (Å²) in [6.07, 6.45) is 0. The molecule has 0 saturated heterocycles. The van der Waals surface area contributed by atoms with Crippen molar-refractivity contribution >= 4 is 28.3 Å². The van der Waals surface area contributed by atoms with Crippen LogP contribution in [0.25, 0.3) is 0 Å². The number of nitro groups is 1. The van der Waals surface area contributed by atoms with E-state index in [0.29, 0.717) is 3.57 Å². The van der Waals surface area contributed by atoms with Crippen LogP contribution in [0.3, 0.4) is 0 Å². The molecule has 1 aromatic rings. The summed E-state index contributed by atoms with van der Waals surface area (Å²) >= 11 is 1.88. The third-order valence-electron chi connectivity index (χ3n) is 1.51. The molecule has 0 unspecified atom stereocenters. The Hall–Kier alpha value is -0.760. The molecule has 13 heavy (non-hydrogen) atoms. The Kier molecular flexibility index (Phi) is 3.15. The fourth-order valence-corrected chi connectivity index (χ4v) is 1.58. The van der Waals surface area contributed by atoms with E-state index in [4.69, 9.17) is 5.73 Å². The summed E-state index contributed by atoms with van der Waals surface area (Å²) < 4.78 is 13.8. The first-order chi connectivity index (χ1) is 6.06. The van der Waals surface area contributed by atoms with Gasteiger partial charge in [0.2, 0.25) is 5.82 Å². The van der Waals surface area contributed by atoms with Gasteiger partial charge in [0.15, 0.2) is 0 Å². The molecule has 0 radical (unpaired) electrons. The standard InChI is InChI=1S/C7H6FIN2O2/c8-7-4(3-10)1-5(9)2-6(7)11(12)13/h1-2H,3,10H2. The quantitative estimate of drug-likeness (QED) is 0.514. The van der Waals surface area contributed by atoms with Crippen LogP contribution < -0.4 is 5.73 Å². The number of hydrogen-bond donors (Lipinski definition) is 1. The van der Waals surface area contributed by atoms with Crippen LogP contribution in [0.5, 0.6) is 0 Å². The van der Waals surface area contributed by atoms with Crippen molar-refractivity contribution < 1.29 is 9.31 Å². The number of nitro benzene ring substituents is 1. The van der Waals surface area contributed by atoms with Gasteiger partial charge in [0.25, 0.3) is 0 Å². The van der Waals surface area contributed by atoms with E-state index < -0.39 is 16.4 Å². The van der Waals surface area contributed by atoms with E-state index in [0.717, 1.165) is 0 Å². The lowest BCUT2D eigenvalue weighted by Gasteiger charge is -2.01. The van der Waals surface area contributed by atoms with E-state index >= 15 is 0 Å². The van der Waals surface area contributed by atoms with Gasteiger partial charge in [-0.05, 0) is 28.7 Å². The number of rotatable bonds is 2. The molecule has 0 fully saturated rings. The molecule has 0 bridgehead atoms. The summed E-state index contributed by atoms with van der Waals surface area (Å²) in [4.78, 5) is 9.61. The summed E-state index contributed by atoms with van der Waals surface area (Å²) in [7, 11) is 0. The van der Waals surface area contributed by atoms with Gasteiger partial charge in [-0.2, -0.15) is 4.39 Å². The fourth-order valence-electron chi connectivity index (χ4n) is 0.911. The fraction of sp³-hybridized carbons (Fsp3) is 0.143. The molecule has 0 amide bonds. The Morgan fingerprint density at radius 3 is 2.69 bits per heavy atom. The molecule has 0 saturated carbocycles. The maximum absolute atomic E-state index is 13.2. The lowest BCUT2D eigenvalue weighted by Crippen LogP contribution is -2.03. The maximum Gasteiger partial charge on any atom is 0.306 e. The van der Waals surface area contributed by atoms with Gasteiger partial charge in [0, 0.05) is 21.7 Å². The molecule has 2 N–H and O–H groups in total. The van der Waals surface area contributed by atoms with Crippen molar-refractivity contribution in [3.63, 3.8) is 0 Å². The summed E-state index contributed by atoms with van der Waals surface area (Å²) in [5.41, 5.74) is 4.87. The van der Waals surface area contributed by atoms with E-state index in [1.165, 1.54) is 12.1 Å². The van der Waals surface area contributed by atoms with Crippen molar-refractivity contribution in [1.29, 1.82) is 0 Å². The SMILES string of the molecule is NCc1cc(I)cc([N+](=O)[O-])c1F. The van der Waals surface area contributed by atoms with Gasteiger partial charge in [-0.25, -0.2) is 0 Å². The lowest BCUT2D eigenvalue weighted by atomic mass is 10.2. The Balaban J connectivity index is 3.35. The Bertz CT molecular complexity index is 357. The molecule has 0 heterocycles. The van der Waals surface area contributed by atoms with Crippen LogP contribution in [0.4, 0.5) is 10.1 Å². The van der Waals surface area contributed by atoms with Gasteiger partial charge in [0.1, 0.15) is 0 Å². The second-order valence-corrected chi connectivity index (χ2v) is 3.60. The molecule has 0 aliphatic rings. The zero-order valence-corrected chi connectivity index (χ0v) is 8.62. The van der Waals surface area contributed by atoms with Gasteiger partial charge in [0.05, 0.1) is 4.92 Å². The zero-order valence-electron chi connectivity index (χ0n) is 6.46. The average Bonchev–Trinajstić information content (AvgIpc) is 2.08. The molecule has 0 spiro atoms. The monoisotopic (exact) mass is 296 g/mol. The minimum Gasteiger partial charge on any atom is -0.326 e. The summed E-state index contributed by atoms with van der Waals surface area (Å²) in [5.74, 6) is -0.840. The lowest BCUT2D eigenvalue weighted by molar-refractivity contribution is -0.387. The van der Waals surface area contributed by atoms with E-state index in [1.54, 1.807) is 0 Å². The molecule has 0 aromatic heterocycles. The molecule has 0 atom stereocenters. The van der Waals surface area contributed by atoms with E-state index in [-0.39, 0.29) is 12.1 Å². The predicted octanol–water partition coefficient (Wildman–Crippen LogP) is 1.80. The topological polar surface area (TPSA) is 69.2 Å². The number of nitrogens with two attached hydrogens (primary N) is 1. The Labute approximate surface area is 87.2 Å². The highest BCUT2D eigenvalue weighted by atomic mass is 127. The molecular weight excluding hydrogens is 290 g/mol. The zero-order chi connectivity index (χ0) is 10.0. The largest absolute Gasteiger partial charge is 0.326 e. The average molecular weight is 296 g/mol. The second-order valence-electron chi connectivity index (χ2n) is 2.36. The molecule has 1 aromatic carbocycles. The first kappa shape index (κ1) is 10.3. The molecular formula is C7H6FIN2O2. The van der Waals surface area contributed by atoms with Gasteiger partial charge < -0.3 is 5.73 Å². The molecule has 1 rings (SSSR count). The van der Waals surface area contributed by atoms with Crippen molar-refractivity contribution in [2.24, 2.45) is 5.73 Å². The first-order valence-electron chi connectivity index (χ1n) is 3.38. The highest BCUT2D eigenvalue weighted by Crippen LogP contribution is 2.23. The Morgan fingerprint density at radius 2 is 2.23 bits per heavy atom. The second kappa shape index (κ2) is 3.97. The Morgan fingerprint density at radius 1 is 1.62 bits per heavy atom. The minimum absolute atomic E-state index is 0.0382. The van der Waals surface area contributed by atoms with Crippen LogP contribution in [-0.4, -0.2) is 4.92 Å². The van der Waals surface area contributed by atoms with Crippen LogP contribution in [-0.2, 0) is 6.54 Å². The summed E-state index contributed by atoms with van der Waals surface area (Å²) in [6.45, 7) is -0.0382. The van der Waals surface area contributed by atoms with Gasteiger partial charge in [-0.15, -0.1) is 0 Å². The number of halogens is 2. The van der Waals surface area contributed by atoms with Gasteiger partial charge in [-0.3, -0.25) is 10.1 Å². The van der Waals surface area contributed by atoms with Crippen LogP contribution in [0.2, 0.25) is 0 Å². The third kappa shape index (κ3) is 2.13. The van der Waals surface area contributed by atoms with E-state index in [1.807, 2.05) is 22.6 Å². The van der Waals surface area contributed by atoms with Crippen LogP contribution >= 0.6 is 22.6 Å². The maximum atomic E-state index is 13.2. The van der Waals surface area contributed by atoms with Crippen molar-refractivity contribution in [3.8, 4) is 0 Å². The van der Waals surface area contributed by atoms with E-state index in [2.05, 4.69) is 0 Å². The van der Waals surface area contributed by atoms with Crippen LogP contribution in [0.1, 0.15) is 5.56 Å². The highest BCUT2D eigenvalue weighted by Gasteiger charge is 2.17. The third-order valence-corrected chi connectivity index (χ3v) is 2.13. The van der Waals surface area contributed by atoms with Crippen molar-refractivity contribution in [2.75, 3.05) is 0 Å². The molecule has 0 aliphatic carbocycles. The van der Waals surface area contributed by atoms with Gasteiger partial charge >= 0.3 is 5.69 Å². The first-order valence-corrected chi connectivity index (χ1v) is 4.46. The van der Waals surface area contributed by atoms with Crippen LogP contribution in [0, 0.1) is 19.5 Å². The van der Waals surface area contributed by atoms with E-state index in [9.17, 15) is 14.5 Å². The highest BCUT2D eigenvalue weighted by molar-refractivity contribution is 14.1. The number of nitrogens with zero attached hydrogens (tertiary/aromatic N) is 1. The predicted molar refractivity (Wildman–Crippen MR) is 53.7 cm³/mol. The number of benzene rings is 1. The minimum atomic E-state index is -0.840. The van der Waals surface area contributed by atoms with Crippen molar-refractivity contribution in [1.82, 2.24) is 0 Å². The molecule has 70 valence electrons. The summed E-state index contributed by atoms with van der Waals surface area (Å²) in [6, 6.07) is 2.66. The van der Waals surface area contributed by atoms with Gasteiger partial charge in [-0.1, -0.05) is 0 Å². The number of hydrogen-bond acceptors (Lipinski definition) is 3.